The number of rotatable bonds is 7. The van der Waals surface area contributed by atoms with Crippen LogP contribution in [0.3, 0.4) is 0 Å². The highest BCUT2D eigenvalue weighted by Gasteiger charge is 2.17. The van der Waals surface area contributed by atoms with E-state index in [1.165, 1.54) is 0 Å². The largest absolute Gasteiger partial charge is 0.354 e. The van der Waals surface area contributed by atoms with E-state index in [0.29, 0.717) is 12.2 Å². The minimum atomic E-state index is -0.189. The van der Waals surface area contributed by atoms with Gasteiger partial charge in [-0.1, -0.05) is 6.07 Å². The summed E-state index contributed by atoms with van der Waals surface area (Å²) in [6, 6.07) is 11.6. The lowest BCUT2D eigenvalue weighted by Gasteiger charge is -2.33. The average Bonchev–Trinajstić information content (AvgIpc) is 2.83. The molecule has 3 aromatic rings. The van der Waals surface area contributed by atoms with E-state index in [0.717, 1.165) is 54.0 Å². The molecule has 1 aliphatic rings. The van der Waals surface area contributed by atoms with Crippen LogP contribution >= 0.6 is 0 Å². The second-order valence-electron chi connectivity index (χ2n) is 8.51. The maximum atomic E-state index is 12.4. The standard InChI is InChI=1S/C25H30N6O2/c1-18-14-23(31-12-10-30(2)11-13-31)29-22-6-5-20(15-21(18)22)28-25(33)8-7-24(32)27-17-19-4-3-9-26-16-19/h3-6,9,14-16H,7-8,10-13,17H2,1-2H3,(H,27,32)(H,28,33). The molecule has 4 rings (SSSR count). The van der Waals surface area contributed by atoms with Crippen molar-refractivity contribution in [2.24, 2.45) is 0 Å². The number of amides is 2. The van der Waals surface area contributed by atoms with Crippen molar-refractivity contribution in [1.29, 1.82) is 0 Å². The molecule has 1 fully saturated rings. The van der Waals surface area contributed by atoms with Crippen LogP contribution < -0.4 is 15.5 Å². The summed E-state index contributed by atoms with van der Waals surface area (Å²) in [5.74, 6) is 0.650. The predicted octanol–water partition coefficient (Wildman–Crippen LogP) is 2.73. The van der Waals surface area contributed by atoms with Gasteiger partial charge in [0, 0.05) is 69.0 Å². The van der Waals surface area contributed by atoms with Crippen LogP contribution in [-0.2, 0) is 16.1 Å². The van der Waals surface area contributed by atoms with Crippen molar-refractivity contribution in [3.8, 4) is 0 Å². The Labute approximate surface area is 194 Å². The molecule has 33 heavy (non-hydrogen) atoms. The fourth-order valence-electron chi connectivity index (χ4n) is 3.89. The van der Waals surface area contributed by atoms with E-state index in [1.54, 1.807) is 12.4 Å². The van der Waals surface area contributed by atoms with Gasteiger partial charge in [0.15, 0.2) is 0 Å². The molecule has 2 aromatic heterocycles. The van der Waals surface area contributed by atoms with Gasteiger partial charge in [-0.25, -0.2) is 4.98 Å². The van der Waals surface area contributed by atoms with Gasteiger partial charge in [0.2, 0.25) is 11.8 Å². The van der Waals surface area contributed by atoms with Gasteiger partial charge in [-0.15, -0.1) is 0 Å². The van der Waals surface area contributed by atoms with Crippen LogP contribution in [0.2, 0.25) is 0 Å². The number of benzene rings is 1. The number of carbonyl (C=O) groups is 2. The van der Waals surface area contributed by atoms with E-state index in [-0.39, 0.29) is 24.7 Å². The summed E-state index contributed by atoms with van der Waals surface area (Å²) >= 11 is 0. The zero-order valence-electron chi connectivity index (χ0n) is 19.2. The number of anilines is 2. The number of likely N-dealkylation sites (N-methyl/N-ethyl adjacent to an activating group) is 1. The molecule has 1 aliphatic heterocycles. The number of piperazine rings is 1. The Morgan fingerprint density at radius 2 is 1.82 bits per heavy atom. The van der Waals surface area contributed by atoms with Crippen LogP contribution in [0.15, 0.2) is 48.8 Å². The number of aryl methyl sites for hydroxylation is 1. The van der Waals surface area contributed by atoms with Gasteiger partial charge in [0.05, 0.1) is 5.52 Å². The van der Waals surface area contributed by atoms with E-state index in [2.05, 4.69) is 45.5 Å². The van der Waals surface area contributed by atoms with Crippen molar-refractivity contribution in [3.05, 3.63) is 59.9 Å². The molecule has 0 radical (unpaired) electrons. The lowest BCUT2D eigenvalue weighted by Crippen LogP contribution is -2.44. The quantitative estimate of drug-likeness (QED) is 0.580. The molecular formula is C25H30N6O2. The third kappa shape index (κ3) is 6.04. The summed E-state index contributed by atoms with van der Waals surface area (Å²) in [4.78, 5) is 37.9. The van der Waals surface area contributed by atoms with Gasteiger partial charge in [0.25, 0.3) is 0 Å². The molecule has 2 N–H and O–H groups in total. The molecule has 3 heterocycles. The van der Waals surface area contributed by atoms with Crippen LogP contribution in [-0.4, -0.2) is 59.9 Å². The Hall–Kier alpha value is -3.52. The van der Waals surface area contributed by atoms with Gasteiger partial charge in [-0.3, -0.25) is 14.6 Å². The molecule has 0 aliphatic carbocycles. The molecule has 1 saturated heterocycles. The fourth-order valence-corrected chi connectivity index (χ4v) is 3.89. The number of pyridine rings is 2. The molecule has 0 atom stereocenters. The molecule has 0 saturated carbocycles. The smallest absolute Gasteiger partial charge is 0.224 e. The highest BCUT2D eigenvalue weighted by Crippen LogP contribution is 2.26. The van der Waals surface area contributed by atoms with Crippen LogP contribution in [0.25, 0.3) is 10.9 Å². The number of nitrogens with zero attached hydrogens (tertiary/aromatic N) is 4. The minimum absolute atomic E-state index is 0.122. The predicted molar refractivity (Wildman–Crippen MR) is 130 cm³/mol. The summed E-state index contributed by atoms with van der Waals surface area (Å²) in [6.07, 6.45) is 3.65. The Morgan fingerprint density at radius 3 is 2.58 bits per heavy atom. The first-order valence-corrected chi connectivity index (χ1v) is 11.3. The Balaban J connectivity index is 1.32. The molecule has 0 spiro atoms. The van der Waals surface area contributed by atoms with Crippen molar-refractivity contribution in [2.75, 3.05) is 43.4 Å². The second-order valence-corrected chi connectivity index (χ2v) is 8.51. The number of fused-ring (bicyclic) bond motifs is 1. The van der Waals surface area contributed by atoms with E-state index in [9.17, 15) is 9.59 Å². The van der Waals surface area contributed by atoms with Crippen LogP contribution in [0, 0.1) is 6.92 Å². The zero-order valence-corrected chi connectivity index (χ0v) is 19.2. The molecule has 2 amide bonds. The Bertz CT molecular complexity index is 1130. The molecule has 8 nitrogen and oxygen atoms in total. The van der Waals surface area contributed by atoms with Crippen molar-refractivity contribution in [1.82, 2.24) is 20.2 Å². The minimum Gasteiger partial charge on any atom is -0.354 e. The monoisotopic (exact) mass is 446 g/mol. The third-order valence-corrected chi connectivity index (χ3v) is 5.90. The highest BCUT2D eigenvalue weighted by molar-refractivity contribution is 5.96. The summed E-state index contributed by atoms with van der Waals surface area (Å²) in [7, 11) is 2.14. The SMILES string of the molecule is Cc1cc(N2CCN(C)CC2)nc2ccc(NC(=O)CCC(=O)NCc3cccnc3)cc12. The molecule has 0 unspecified atom stereocenters. The van der Waals surface area contributed by atoms with E-state index < -0.39 is 0 Å². The third-order valence-electron chi connectivity index (χ3n) is 5.90. The van der Waals surface area contributed by atoms with Crippen molar-refractivity contribution in [2.45, 2.75) is 26.3 Å². The normalized spacial score (nSPS) is 14.3. The number of nitrogens with one attached hydrogen (secondary N) is 2. The molecule has 1 aromatic carbocycles. The number of hydrogen-bond acceptors (Lipinski definition) is 6. The van der Waals surface area contributed by atoms with Gasteiger partial charge < -0.3 is 20.4 Å². The van der Waals surface area contributed by atoms with E-state index >= 15 is 0 Å². The number of carbonyl (C=O) groups excluding carboxylic acids is 2. The second kappa shape index (κ2) is 10.4. The maximum Gasteiger partial charge on any atom is 0.224 e. The lowest BCUT2D eigenvalue weighted by molar-refractivity contribution is -0.124. The van der Waals surface area contributed by atoms with E-state index in [1.807, 2.05) is 30.3 Å². The highest BCUT2D eigenvalue weighted by atomic mass is 16.2. The average molecular weight is 447 g/mol. The zero-order chi connectivity index (χ0) is 23.2. The summed E-state index contributed by atoms with van der Waals surface area (Å²) in [5, 5.41) is 6.73. The molecular weight excluding hydrogens is 416 g/mol. The Morgan fingerprint density at radius 1 is 1.03 bits per heavy atom. The van der Waals surface area contributed by atoms with Crippen LogP contribution in [0.5, 0.6) is 0 Å². The van der Waals surface area contributed by atoms with Crippen LogP contribution in [0.1, 0.15) is 24.0 Å². The topological polar surface area (TPSA) is 90.5 Å². The summed E-state index contributed by atoms with van der Waals surface area (Å²) < 4.78 is 0. The van der Waals surface area contributed by atoms with Crippen molar-refractivity contribution >= 4 is 34.2 Å². The van der Waals surface area contributed by atoms with Crippen molar-refractivity contribution in [3.63, 3.8) is 0 Å². The van der Waals surface area contributed by atoms with Gasteiger partial charge in [0.1, 0.15) is 5.82 Å². The molecule has 0 bridgehead atoms. The van der Waals surface area contributed by atoms with Gasteiger partial charge in [-0.05, 0) is 55.4 Å². The van der Waals surface area contributed by atoms with Crippen LogP contribution in [0.4, 0.5) is 11.5 Å². The summed E-state index contributed by atoms with van der Waals surface area (Å²) in [5.41, 5.74) is 3.67. The van der Waals surface area contributed by atoms with E-state index in [4.69, 9.17) is 4.98 Å². The van der Waals surface area contributed by atoms with Gasteiger partial charge in [-0.2, -0.15) is 0 Å². The first-order valence-electron chi connectivity index (χ1n) is 11.3. The first-order chi connectivity index (χ1) is 16.0. The molecule has 8 heteroatoms. The van der Waals surface area contributed by atoms with Gasteiger partial charge >= 0.3 is 0 Å². The fraction of sp³-hybridized carbons (Fsp3) is 0.360. The van der Waals surface area contributed by atoms with Crippen molar-refractivity contribution < 1.29 is 9.59 Å². The maximum absolute atomic E-state index is 12.4. The number of aromatic nitrogens is 2. The number of hydrogen-bond donors (Lipinski definition) is 2. The molecule has 172 valence electrons. The Kier molecular flexibility index (Phi) is 7.14. The summed E-state index contributed by atoms with van der Waals surface area (Å²) in [6.45, 7) is 6.48. The first kappa shape index (κ1) is 22.7. The lowest BCUT2D eigenvalue weighted by atomic mass is 10.1.